The molecule has 1 aliphatic carbocycles. The molecule has 1 saturated carbocycles. The Hall–Kier alpha value is -3.68. The maximum absolute atomic E-state index is 13.0. The zero-order valence-electron chi connectivity index (χ0n) is 16.9. The van der Waals surface area contributed by atoms with Gasteiger partial charge in [-0.3, -0.25) is 14.9 Å². The third-order valence-electron chi connectivity index (χ3n) is 7.16. The Labute approximate surface area is 181 Å². The molecule has 1 fully saturated rings. The average Bonchev–Trinajstić information content (AvgIpc) is 3.50. The summed E-state index contributed by atoms with van der Waals surface area (Å²) >= 11 is 0. The lowest BCUT2D eigenvalue weighted by Gasteiger charge is -2.21. The van der Waals surface area contributed by atoms with Crippen molar-refractivity contribution < 1.29 is 19.8 Å². The Kier molecular flexibility index (Phi) is 3.35. The summed E-state index contributed by atoms with van der Waals surface area (Å²) in [5.74, 6) is -0.799. The van der Waals surface area contributed by atoms with E-state index in [0.29, 0.717) is 34.7 Å². The summed E-state index contributed by atoms with van der Waals surface area (Å²) in [5, 5.41) is 26.7. The molecule has 7 heteroatoms. The lowest BCUT2D eigenvalue weighted by Crippen LogP contribution is -2.27. The lowest BCUT2D eigenvalue weighted by atomic mass is 9.96. The summed E-state index contributed by atoms with van der Waals surface area (Å²) in [7, 11) is 0. The highest BCUT2D eigenvalue weighted by molar-refractivity contribution is 6.39. The predicted molar refractivity (Wildman–Crippen MR) is 121 cm³/mol. The van der Waals surface area contributed by atoms with Crippen LogP contribution in [-0.2, 0) is 0 Å². The van der Waals surface area contributed by atoms with E-state index in [9.17, 15) is 19.8 Å². The molecule has 0 radical (unpaired) electrons. The van der Waals surface area contributed by atoms with Gasteiger partial charge in [0.2, 0.25) is 0 Å². The standard InChI is InChI=1S/C25H19N3O4/c29-16-10-9-15(23(16)30)28-14-8-4-2-6-12(14)18-20-19(24(31)27-25(20)32)17-11-5-1-3-7-13(11)26-21(17)22(18)28/h1-8,15-16,23,26,29-30H,9-10H2,(H,27,31,32)/t15?,16-,23+/m1/s1. The van der Waals surface area contributed by atoms with E-state index in [1.807, 2.05) is 48.5 Å². The minimum Gasteiger partial charge on any atom is -0.390 e. The van der Waals surface area contributed by atoms with Gasteiger partial charge in [-0.05, 0) is 25.0 Å². The molecule has 2 aliphatic rings. The summed E-state index contributed by atoms with van der Waals surface area (Å²) in [6.45, 7) is 0. The Morgan fingerprint density at radius 3 is 2.28 bits per heavy atom. The van der Waals surface area contributed by atoms with E-state index in [-0.39, 0.29) is 6.04 Å². The van der Waals surface area contributed by atoms with Crippen molar-refractivity contribution in [3.8, 4) is 0 Å². The molecule has 3 heterocycles. The molecule has 1 unspecified atom stereocenters. The maximum Gasteiger partial charge on any atom is 0.259 e. The summed E-state index contributed by atoms with van der Waals surface area (Å²) in [4.78, 5) is 29.5. The minimum absolute atomic E-state index is 0.347. The first kappa shape index (κ1) is 17.9. The van der Waals surface area contributed by atoms with Crippen LogP contribution < -0.4 is 5.32 Å². The normalized spacial score (nSPS) is 23.1. The van der Waals surface area contributed by atoms with Crippen molar-refractivity contribution in [3.63, 3.8) is 0 Å². The van der Waals surface area contributed by atoms with Crippen molar-refractivity contribution in [3.05, 3.63) is 59.7 Å². The first-order valence-corrected chi connectivity index (χ1v) is 10.8. The molecule has 4 N–H and O–H groups in total. The van der Waals surface area contributed by atoms with Crippen molar-refractivity contribution in [1.29, 1.82) is 0 Å². The van der Waals surface area contributed by atoms with Gasteiger partial charge in [0.05, 0.1) is 34.3 Å². The van der Waals surface area contributed by atoms with Gasteiger partial charge in [-0.25, -0.2) is 0 Å². The fourth-order valence-corrected chi connectivity index (χ4v) is 5.84. The van der Waals surface area contributed by atoms with E-state index in [2.05, 4.69) is 14.9 Å². The number of hydrogen-bond acceptors (Lipinski definition) is 4. The van der Waals surface area contributed by atoms with Crippen molar-refractivity contribution in [2.45, 2.75) is 31.1 Å². The first-order chi connectivity index (χ1) is 15.6. The molecular formula is C25H19N3O4. The number of H-pyrrole nitrogens is 1. The number of aromatic amines is 1. The number of imide groups is 1. The van der Waals surface area contributed by atoms with Gasteiger partial charge >= 0.3 is 0 Å². The molecule has 0 bridgehead atoms. The number of aliphatic hydroxyl groups excluding tert-OH is 2. The topological polar surface area (TPSA) is 107 Å². The molecule has 2 aromatic heterocycles. The second-order valence-electron chi connectivity index (χ2n) is 8.77. The number of para-hydroxylation sites is 2. The molecule has 7 nitrogen and oxygen atoms in total. The minimum atomic E-state index is -0.919. The van der Waals surface area contributed by atoms with E-state index in [0.717, 1.165) is 32.8 Å². The smallest absolute Gasteiger partial charge is 0.259 e. The van der Waals surface area contributed by atoms with Crippen LogP contribution in [-0.4, -0.2) is 43.8 Å². The largest absolute Gasteiger partial charge is 0.390 e. The fourth-order valence-electron chi connectivity index (χ4n) is 5.84. The van der Waals surface area contributed by atoms with Crippen LogP contribution >= 0.6 is 0 Å². The van der Waals surface area contributed by atoms with Crippen LogP contribution in [0.15, 0.2) is 48.5 Å². The number of aliphatic hydroxyl groups is 2. The van der Waals surface area contributed by atoms with Crippen LogP contribution in [0.4, 0.5) is 0 Å². The molecule has 1 aliphatic heterocycles. The van der Waals surface area contributed by atoms with Crippen LogP contribution in [0.1, 0.15) is 39.6 Å². The molecule has 3 aromatic carbocycles. The number of carbonyl (C=O) groups is 2. The third-order valence-corrected chi connectivity index (χ3v) is 7.16. The average molecular weight is 425 g/mol. The number of nitrogens with one attached hydrogen (secondary N) is 2. The number of amides is 2. The van der Waals surface area contributed by atoms with Gasteiger partial charge in [0.15, 0.2) is 0 Å². The van der Waals surface area contributed by atoms with Gasteiger partial charge in [0, 0.05) is 32.6 Å². The van der Waals surface area contributed by atoms with E-state index in [1.165, 1.54) is 0 Å². The number of fused-ring (bicyclic) bond motifs is 10. The van der Waals surface area contributed by atoms with Gasteiger partial charge in [-0.1, -0.05) is 36.4 Å². The lowest BCUT2D eigenvalue weighted by molar-refractivity contribution is 0.0251. The Morgan fingerprint density at radius 1 is 0.844 bits per heavy atom. The van der Waals surface area contributed by atoms with E-state index >= 15 is 0 Å². The summed E-state index contributed by atoms with van der Waals surface area (Å²) < 4.78 is 2.06. The van der Waals surface area contributed by atoms with Crippen molar-refractivity contribution >= 4 is 55.4 Å². The second-order valence-corrected chi connectivity index (χ2v) is 8.77. The van der Waals surface area contributed by atoms with Gasteiger partial charge in [-0.15, -0.1) is 0 Å². The van der Waals surface area contributed by atoms with Crippen LogP contribution in [0.5, 0.6) is 0 Å². The number of hydrogen-bond donors (Lipinski definition) is 4. The Morgan fingerprint density at radius 2 is 1.53 bits per heavy atom. The van der Waals surface area contributed by atoms with Crippen molar-refractivity contribution in [2.75, 3.05) is 0 Å². The first-order valence-electron chi connectivity index (χ1n) is 10.8. The van der Waals surface area contributed by atoms with Gasteiger partial charge < -0.3 is 19.8 Å². The van der Waals surface area contributed by atoms with E-state index in [4.69, 9.17) is 0 Å². The number of aromatic nitrogens is 2. The van der Waals surface area contributed by atoms with Gasteiger partial charge in [-0.2, -0.15) is 0 Å². The maximum atomic E-state index is 13.0. The molecule has 3 atom stereocenters. The number of carbonyl (C=O) groups excluding carboxylic acids is 2. The van der Waals surface area contributed by atoms with E-state index in [1.54, 1.807) is 0 Å². The van der Waals surface area contributed by atoms with Gasteiger partial charge in [0.1, 0.15) is 6.10 Å². The summed E-state index contributed by atoms with van der Waals surface area (Å²) in [6, 6.07) is 15.1. The SMILES string of the molecule is O=C1NC(=O)c2c1c1c3ccccc3[nH]c1c1c2c2ccccc2n1C1CC[C@@H](O)[C@H]1O. The fraction of sp³-hybridized carbons (Fsp3) is 0.200. The Bertz CT molecular complexity index is 1640. The number of rotatable bonds is 1. The molecule has 5 aromatic rings. The molecule has 0 saturated heterocycles. The van der Waals surface area contributed by atoms with Gasteiger partial charge in [0.25, 0.3) is 11.8 Å². The summed E-state index contributed by atoms with van der Waals surface area (Å²) in [6.07, 6.45) is -0.606. The van der Waals surface area contributed by atoms with Crippen LogP contribution in [0.25, 0.3) is 43.6 Å². The van der Waals surface area contributed by atoms with Crippen molar-refractivity contribution in [1.82, 2.24) is 14.9 Å². The second kappa shape index (κ2) is 5.97. The van der Waals surface area contributed by atoms with Crippen LogP contribution in [0.3, 0.4) is 0 Å². The monoisotopic (exact) mass is 425 g/mol. The highest BCUT2D eigenvalue weighted by Crippen LogP contribution is 2.46. The van der Waals surface area contributed by atoms with Crippen LogP contribution in [0, 0.1) is 0 Å². The quantitative estimate of drug-likeness (QED) is 0.309. The molecule has 7 rings (SSSR count). The molecule has 158 valence electrons. The zero-order valence-corrected chi connectivity index (χ0v) is 16.9. The highest BCUT2D eigenvalue weighted by atomic mass is 16.3. The van der Waals surface area contributed by atoms with Crippen LogP contribution in [0.2, 0.25) is 0 Å². The molecule has 32 heavy (non-hydrogen) atoms. The number of benzene rings is 3. The Balaban J connectivity index is 1.79. The molecular weight excluding hydrogens is 406 g/mol. The van der Waals surface area contributed by atoms with E-state index < -0.39 is 24.0 Å². The number of nitrogens with zero attached hydrogens (tertiary/aromatic N) is 1. The molecule has 2 amide bonds. The molecule has 0 spiro atoms. The zero-order chi connectivity index (χ0) is 21.7. The predicted octanol–water partition coefficient (Wildman–Crippen LogP) is 3.37. The third kappa shape index (κ3) is 2.02. The van der Waals surface area contributed by atoms with Crippen molar-refractivity contribution in [2.24, 2.45) is 0 Å². The summed E-state index contributed by atoms with van der Waals surface area (Å²) in [5.41, 5.74) is 4.04. The highest BCUT2D eigenvalue weighted by Gasteiger charge is 2.40.